The zero-order valence-electron chi connectivity index (χ0n) is 40.6. The molecule has 5 nitrogen and oxygen atoms in total. The smallest absolute Gasteiger partial charge is 0.306 e. The first-order valence-corrected chi connectivity index (χ1v) is 25.8. The van der Waals surface area contributed by atoms with Gasteiger partial charge in [0.25, 0.3) is 0 Å². The van der Waals surface area contributed by atoms with Crippen LogP contribution in [0.2, 0.25) is 0 Å². The summed E-state index contributed by atoms with van der Waals surface area (Å²) < 4.78 is 17.4. The molecule has 0 heterocycles. The number of hydrogen-bond donors (Lipinski definition) is 0. The van der Waals surface area contributed by atoms with Gasteiger partial charge in [-0.05, 0) is 116 Å². The molecular weight excluding hydrogens is 765 g/mol. The third-order valence-electron chi connectivity index (χ3n) is 10.6. The molecule has 0 spiro atoms. The van der Waals surface area contributed by atoms with Gasteiger partial charge in [0.15, 0.2) is 6.10 Å². The maximum Gasteiger partial charge on any atom is 0.306 e. The van der Waals surface area contributed by atoms with E-state index in [2.05, 4.69) is 118 Å². The fraction of sp³-hybridized carbons (Fsp3) is 0.684. The summed E-state index contributed by atoms with van der Waals surface area (Å²) in [5, 5.41) is 0. The third-order valence-corrected chi connectivity index (χ3v) is 10.6. The molecule has 0 saturated carbocycles. The average Bonchev–Trinajstić information content (AvgIpc) is 3.27. The maximum absolute atomic E-state index is 12.8. The Kier molecular flexibility index (Phi) is 49.5. The second-order valence-corrected chi connectivity index (χ2v) is 16.7. The molecule has 0 aromatic carbocycles. The van der Waals surface area contributed by atoms with Crippen LogP contribution in [-0.2, 0) is 23.8 Å². The number of hydrogen-bond acceptors (Lipinski definition) is 5. The highest BCUT2D eigenvalue weighted by Gasteiger charge is 2.17. The largest absolute Gasteiger partial charge is 0.462 e. The van der Waals surface area contributed by atoms with Gasteiger partial charge in [0.1, 0.15) is 6.61 Å². The van der Waals surface area contributed by atoms with Crippen molar-refractivity contribution in [3.63, 3.8) is 0 Å². The lowest BCUT2D eigenvalue weighted by molar-refractivity contribution is -0.163. The molecule has 62 heavy (non-hydrogen) atoms. The SMILES string of the molecule is CC/C=C\C/C=C\C/C=C\CCCCCC(=O)OCC(COCCCCCCCCC/C=C\C/C=C\C/C=C\CCCCC)OC(=O)CCCCCCC/C=C\C/C=C\CCC. The van der Waals surface area contributed by atoms with Crippen LogP contribution in [0.1, 0.15) is 226 Å². The van der Waals surface area contributed by atoms with Crippen molar-refractivity contribution < 1.29 is 23.8 Å². The van der Waals surface area contributed by atoms with Gasteiger partial charge in [-0.25, -0.2) is 0 Å². The summed E-state index contributed by atoms with van der Waals surface area (Å²) in [7, 11) is 0. The van der Waals surface area contributed by atoms with Gasteiger partial charge in [-0.15, -0.1) is 0 Å². The molecule has 0 aliphatic heterocycles. The van der Waals surface area contributed by atoms with Crippen molar-refractivity contribution in [2.75, 3.05) is 19.8 Å². The molecule has 0 rings (SSSR count). The van der Waals surface area contributed by atoms with Gasteiger partial charge in [0.2, 0.25) is 0 Å². The zero-order chi connectivity index (χ0) is 44.9. The Balaban J connectivity index is 4.33. The quantitative estimate of drug-likeness (QED) is 0.0347. The maximum atomic E-state index is 12.8. The van der Waals surface area contributed by atoms with E-state index in [4.69, 9.17) is 14.2 Å². The van der Waals surface area contributed by atoms with Gasteiger partial charge in [0.05, 0.1) is 6.61 Å². The Morgan fingerprint density at radius 2 is 0.758 bits per heavy atom. The van der Waals surface area contributed by atoms with Crippen LogP contribution >= 0.6 is 0 Å². The minimum Gasteiger partial charge on any atom is -0.462 e. The number of allylic oxidation sites excluding steroid dienone is 16. The van der Waals surface area contributed by atoms with Crippen LogP contribution in [-0.4, -0.2) is 37.9 Å². The van der Waals surface area contributed by atoms with E-state index in [1.807, 2.05) is 0 Å². The molecule has 0 N–H and O–H groups in total. The lowest BCUT2D eigenvalue weighted by Gasteiger charge is -2.18. The van der Waals surface area contributed by atoms with Crippen LogP contribution < -0.4 is 0 Å². The van der Waals surface area contributed by atoms with Gasteiger partial charge in [-0.1, -0.05) is 195 Å². The van der Waals surface area contributed by atoms with Crippen LogP contribution in [0, 0.1) is 0 Å². The lowest BCUT2D eigenvalue weighted by atomic mass is 10.1. The van der Waals surface area contributed by atoms with Crippen molar-refractivity contribution in [3.8, 4) is 0 Å². The van der Waals surface area contributed by atoms with Gasteiger partial charge in [-0.3, -0.25) is 9.59 Å². The number of unbranched alkanes of at least 4 members (excludes halogenated alkanes) is 19. The Hall–Kier alpha value is -3.18. The number of ether oxygens (including phenoxy) is 3. The first-order valence-electron chi connectivity index (χ1n) is 25.8. The van der Waals surface area contributed by atoms with Crippen LogP contribution in [0.3, 0.4) is 0 Å². The molecule has 0 fully saturated rings. The molecule has 0 aliphatic carbocycles. The first kappa shape index (κ1) is 58.8. The standard InChI is InChI=1S/C57H96O5/c1-4-7-10-13-16-19-22-25-26-27-28-29-30-31-34-37-40-43-46-49-52-60-53-55(62-57(59)51-48-45-42-39-36-33-24-21-18-15-12-9-6-3)54-61-56(58)50-47-44-41-38-35-32-23-20-17-14-11-8-5-2/h8,11-12,15-17,19-21,24-26,28-29,32,35,55H,4-7,9-10,13-14,18,22-23,27,30-31,33-34,36-54H2,1-3H3/b11-8-,15-12-,19-16-,20-17-,24-21-,26-25-,29-28-,35-32-. The molecular formula is C57H96O5. The highest BCUT2D eigenvalue weighted by molar-refractivity contribution is 5.70. The summed E-state index contributed by atoms with van der Waals surface area (Å²) in [5.41, 5.74) is 0. The summed E-state index contributed by atoms with van der Waals surface area (Å²) in [6.07, 6.45) is 69.9. The van der Waals surface area contributed by atoms with Crippen molar-refractivity contribution in [1.29, 1.82) is 0 Å². The molecule has 354 valence electrons. The molecule has 0 aromatic rings. The van der Waals surface area contributed by atoms with Crippen molar-refractivity contribution in [3.05, 3.63) is 97.2 Å². The highest BCUT2D eigenvalue weighted by Crippen LogP contribution is 2.13. The van der Waals surface area contributed by atoms with Gasteiger partial charge in [-0.2, -0.15) is 0 Å². The molecule has 0 radical (unpaired) electrons. The molecule has 0 aliphatic rings. The van der Waals surface area contributed by atoms with Crippen molar-refractivity contribution >= 4 is 11.9 Å². The number of rotatable bonds is 46. The van der Waals surface area contributed by atoms with Crippen LogP contribution in [0.5, 0.6) is 0 Å². The number of carbonyl (C=O) groups excluding carboxylic acids is 2. The highest BCUT2D eigenvalue weighted by atomic mass is 16.6. The molecule has 5 heteroatoms. The Morgan fingerprint density at radius 3 is 1.24 bits per heavy atom. The van der Waals surface area contributed by atoms with E-state index in [1.54, 1.807) is 0 Å². The Bertz CT molecular complexity index is 1200. The summed E-state index contributed by atoms with van der Waals surface area (Å²) in [5.74, 6) is -0.457. The second-order valence-electron chi connectivity index (χ2n) is 16.7. The molecule has 0 amide bonds. The summed E-state index contributed by atoms with van der Waals surface area (Å²) in [4.78, 5) is 25.3. The summed E-state index contributed by atoms with van der Waals surface area (Å²) >= 11 is 0. The van der Waals surface area contributed by atoms with Gasteiger partial charge < -0.3 is 14.2 Å². The zero-order valence-corrected chi connectivity index (χ0v) is 40.6. The molecule has 1 atom stereocenters. The molecule has 0 saturated heterocycles. The normalized spacial score (nSPS) is 13.0. The van der Waals surface area contributed by atoms with E-state index in [0.29, 0.717) is 19.4 Å². The van der Waals surface area contributed by atoms with Crippen molar-refractivity contribution in [2.24, 2.45) is 0 Å². The minimum atomic E-state index is -0.566. The van der Waals surface area contributed by atoms with Crippen molar-refractivity contribution in [1.82, 2.24) is 0 Å². The molecule has 0 aromatic heterocycles. The van der Waals surface area contributed by atoms with Crippen LogP contribution in [0.4, 0.5) is 0 Å². The fourth-order valence-electron chi connectivity index (χ4n) is 6.74. The number of carbonyl (C=O) groups is 2. The average molecular weight is 861 g/mol. The van der Waals surface area contributed by atoms with E-state index in [1.165, 1.54) is 83.5 Å². The lowest BCUT2D eigenvalue weighted by Crippen LogP contribution is -2.30. The summed E-state index contributed by atoms with van der Waals surface area (Å²) in [6.45, 7) is 7.55. The van der Waals surface area contributed by atoms with Gasteiger partial charge in [0, 0.05) is 19.4 Å². The topological polar surface area (TPSA) is 61.8 Å². The molecule has 0 bridgehead atoms. The fourth-order valence-corrected chi connectivity index (χ4v) is 6.74. The van der Waals surface area contributed by atoms with Crippen molar-refractivity contribution in [2.45, 2.75) is 232 Å². The Labute approximate surface area is 383 Å². The first-order chi connectivity index (χ1) is 30.6. The van der Waals surface area contributed by atoms with E-state index < -0.39 is 6.10 Å². The predicted octanol–water partition coefficient (Wildman–Crippen LogP) is 17.5. The van der Waals surface area contributed by atoms with Crippen LogP contribution in [0.25, 0.3) is 0 Å². The second kappa shape index (κ2) is 52.2. The number of esters is 2. The van der Waals surface area contributed by atoms with Crippen LogP contribution in [0.15, 0.2) is 97.2 Å². The monoisotopic (exact) mass is 861 g/mol. The van der Waals surface area contributed by atoms with E-state index in [9.17, 15) is 9.59 Å². The minimum absolute atomic E-state index is 0.0553. The van der Waals surface area contributed by atoms with Gasteiger partial charge >= 0.3 is 11.9 Å². The van der Waals surface area contributed by atoms with E-state index in [0.717, 1.165) is 109 Å². The predicted molar refractivity (Wildman–Crippen MR) is 270 cm³/mol. The van der Waals surface area contributed by atoms with E-state index >= 15 is 0 Å². The Morgan fingerprint density at radius 1 is 0.371 bits per heavy atom. The summed E-state index contributed by atoms with van der Waals surface area (Å²) in [6, 6.07) is 0. The molecule has 1 unspecified atom stereocenters. The van der Waals surface area contributed by atoms with E-state index in [-0.39, 0.29) is 25.2 Å². The third kappa shape index (κ3) is 49.5.